The minimum Gasteiger partial charge on any atom is -0.475 e. The van der Waals surface area contributed by atoms with Gasteiger partial charge in [0.25, 0.3) is 0 Å². The third-order valence-electron chi connectivity index (χ3n) is 3.52. The highest BCUT2D eigenvalue weighted by Gasteiger charge is 2.31. The molecule has 0 spiro atoms. The van der Waals surface area contributed by atoms with E-state index in [0.29, 0.717) is 25.2 Å². The Hall–Kier alpha value is -2.56. The number of hydrogen-bond acceptors (Lipinski definition) is 5. The molecule has 0 radical (unpaired) electrons. The molecule has 8 nitrogen and oxygen atoms in total. The normalized spacial score (nSPS) is 12.2. The Morgan fingerprint density at radius 3 is 2.70 bits per heavy atom. The molecule has 0 bridgehead atoms. The molecular formula is C15H19ClF3N7O. The number of hydrogen-bond donors (Lipinski definition) is 1. The zero-order chi connectivity index (χ0) is 20.0. The summed E-state index contributed by atoms with van der Waals surface area (Å²) in [4.78, 5) is 13.7. The van der Waals surface area contributed by atoms with E-state index in [1.54, 1.807) is 18.8 Å². The van der Waals surface area contributed by atoms with Crippen molar-refractivity contribution in [3.05, 3.63) is 35.0 Å². The number of aryl methyl sites for hydroxylation is 1. The average molecular weight is 406 g/mol. The Bertz CT molecular complexity index is 794. The molecular weight excluding hydrogens is 387 g/mol. The van der Waals surface area contributed by atoms with Crippen molar-refractivity contribution in [3.8, 4) is 5.88 Å². The number of pyridine rings is 1. The fourth-order valence-corrected chi connectivity index (χ4v) is 2.35. The first-order valence-corrected chi connectivity index (χ1v) is 8.20. The van der Waals surface area contributed by atoms with Gasteiger partial charge >= 0.3 is 6.18 Å². The summed E-state index contributed by atoms with van der Waals surface area (Å²) in [7, 11) is 5.25. The predicted octanol–water partition coefficient (Wildman–Crippen LogP) is 1.97. The van der Waals surface area contributed by atoms with Crippen LogP contribution in [0, 0.1) is 0 Å². The van der Waals surface area contributed by atoms with Crippen molar-refractivity contribution in [2.24, 2.45) is 12.0 Å². The monoisotopic (exact) mass is 405 g/mol. The summed E-state index contributed by atoms with van der Waals surface area (Å²) in [6.07, 6.45) is -2.35. The van der Waals surface area contributed by atoms with Gasteiger partial charge in [-0.2, -0.15) is 18.3 Å². The second-order valence-electron chi connectivity index (χ2n) is 5.49. The first kappa shape index (κ1) is 20.7. The lowest BCUT2D eigenvalue weighted by atomic mass is 10.3. The van der Waals surface area contributed by atoms with Crippen LogP contribution in [0.25, 0.3) is 0 Å². The molecule has 0 atom stereocenters. The first-order valence-electron chi connectivity index (χ1n) is 7.82. The van der Waals surface area contributed by atoms with Gasteiger partial charge in [-0.1, -0.05) is 11.6 Å². The summed E-state index contributed by atoms with van der Waals surface area (Å²) in [5.41, 5.74) is -0.927. The standard InChI is InChI=1S/C15H19ClF3N7O/c1-20-14(25(2)8-12-23-9-24-26(12)3)21-4-5-27-13-11(16)6-10(7-22-13)15(17,18)19/h6-7,9H,4-5,8H2,1-3H3,(H,20,21). The van der Waals surface area contributed by atoms with Crippen molar-refractivity contribution in [2.45, 2.75) is 12.7 Å². The number of rotatable bonds is 6. The molecule has 12 heteroatoms. The van der Waals surface area contributed by atoms with Crippen LogP contribution in [-0.4, -0.2) is 57.9 Å². The zero-order valence-electron chi connectivity index (χ0n) is 15.0. The fraction of sp³-hybridized carbons (Fsp3) is 0.467. The van der Waals surface area contributed by atoms with Gasteiger partial charge in [-0.25, -0.2) is 9.97 Å². The molecule has 0 unspecified atom stereocenters. The fourth-order valence-electron chi connectivity index (χ4n) is 2.13. The summed E-state index contributed by atoms with van der Waals surface area (Å²) >= 11 is 5.79. The molecule has 0 aliphatic rings. The summed E-state index contributed by atoms with van der Waals surface area (Å²) in [6.45, 7) is 0.965. The molecule has 0 fully saturated rings. The van der Waals surface area contributed by atoms with Gasteiger partial charge in [0.1, 0.15) is 23.8 Å². The Labute approximate surface area is 159 Å². The lowest BCUT2D eigenvalue weighted by Gasteiger charge is -2.21. The number of alkyl halides is 3. The summed E-state index contributed by atoms with van der Waals surface area (Å²) in [6, 6.07) is 0.783. The molecule has 0 aliphatic heterocycles. The Kier molecular flexibility index (Phi) is 6.83. The van der Waals surface area contributed by atoms with Crippen LogP contribution in [0.4, 0.5) is 13.2 Å². The summed E-state index contributed by atoms with van der Waals surface area (Å²) in [5.74, 6) is 1.29. The van der Waals surface area contributed by atoms with Gasteiger partial charge in [-0.05, 0) is 6.07 Å². The number of nitrogens with one attached hydrogen (secondary N) is 1. The highest BCUT2D eigenvalue weighted by Crippen LogP contribution is 2.32. The maximum absolute atomic E-state index is 12.6. The highest BCUT2D eigenvalue weighted by atomic mass is 35.5. The molecule has 2 aromatic rings. The summed E-state index contributed by atoms with van der Waals surface area (Å²) in [5, 5.41) is 6.87. The van der Waals surface area contributed by atoms with Crippen LogP contribution < -0.4 is 10.1 Å². The average Bonchev–Trinajstić information content (AvgIpc) is 3.00. The number of guanidine groups is 1. The van der Waals surface area contributed by atoms with Crippen LogP contribution in [0.2, 0.25) is 5.02 Å². The van der Waals surface area contributed by atoms with Crippen molar-refractivity contribution in [1.29, 1.82) is 0 Å². The van der Waals surface area contributed by atoms with E-state index < -0.39 is 11.7 Å². The van der Waals surface area contributed by atoms with Crippen LogP contribution in [0.1, 0.15) is 11.4 Å². The molecule has 1 N–H and O–H groups in total. The van der Waals surface area contributed by atoms with Crippen LogP contribution in [0.15, 0.2) is 23.6 Å². The van der Waals surface area contributed by atoms with E-state index in [9.17, 15) is 13.2 Å². The van der Waals surface area contributed by atoms with Gasteiger partial charge in [0.15, 0.2) is 5.96 Å². The lowest BCUT2D eigenvalue weighted by Crippen LogP contribution is -2.40. The minimum absolute atomic E-state index is 0.0612. The Morgan fingerprint density at radius 1 is 1.41 bits per heavy atom. The van der Waals surface area contributed by atoms with E-state index in [0.717, 1.165) is 11.9 Å². The van der Waals surface area contributed by atoms with Gasteiger partial charge in [0.05, 0.1) is 18.7 Å². The lowest BCUT2D eigenvalue weighted by molar-refractivity contribution is -0.137. The molecule has 0 saturated heterocycles. The van der Waals surface area contributed by atoms with E-state index in [1.807, 2.05) is 11.9 Å². The second-order valence-corrected chi connectivity index (χ2v) is 5.89. The Balaban J connectivity index is 1.84. The van der Waals surface area contributed by atoms with Gasteiger partial charge < -0.3 is 15.0 Å². The minimum atomic E-state index is -4.50. The van der Waals surface area contributed by atoms with E-state index >= 15 is 0 Å². The van der Waals surface area contributed by atoms with Crippen LogP contribution >= 0.6 is 11.6 Å². The van der Waals surface area contributed by atoms with E-state index in [-0.39, 0.29) is 17.5 Å². The molecule has 0 saturated carbocycles. The van der Waals surface area contributed by atoms with Gasteiger partial charge in [0, 0.05) is 27.3 Å². The van der Waals surface area contributed by atoms with Crippen molar-refractivity contribution >= 4 is 17.6 Å². The highest BCUT2D eigenvalue weighted by molar-refractivity contribution is 6.31. The maximum Gasteiger partial charge on any atom is 0.417 e. The Morgan fingerprint density at radius 2 is 2.15 bits per heavy atom. The summed E-state index contributed by atoms with van der Waals surface area (Å²) < 4.78 is 44.8. The number of aliphatic imine (C=N–C) groups is 1. The molecule has 2 rings (SSSR count). The molecule has 0 aromatic carbocycles. The van der Waals surface area contributed by atoms with E-state index in [4.69, 9.17) is 16.3 Å². The van der Waals surface area contributed by atoms with E-state index in [2.05, 4.69) is 25.4 Å². The maximum atomic E-state index is 12.6. The van der Waals surface area contributed by atoms with Crippen LogP contribution in [-0.2, 0) is 19.8 Å². The molecule has 2 heterocycles. The predicted molar refractivity (Wildman–Crippen MR) is 93.6 cm³/mol. The smallest absolute Gasteiger partial charge is 0.417 e. The van der Waals surface area contributed by atoms with E-state index in [1.165, 1.54) is 6.33 Å². The second kappa shape index (κ2) is 8.89. The van der Waals surface area contributed by atoms with Crippen LogP contribution in [0.3, 0.4) is 0 Å². The van der Waals surface area contributed by atoms with Gasteiger partial charge in [0.2, 0.25) is 5.88 Å². The van der Waals surface area contributed by atoms with Crippen LogP contribution in [0.5, 0.6) is 5.88 Å². The molecule has 27 heavy (non-hydrogen) atoms. The van der Waals surface area contributed by atoms with Crippen molar-refractivity contribution in [1.82, 2.24) is 30.0 Å². The largest absolute Gasteiger partial charge is 0.475 e. The molecule has 0 aliphatic carbocycles. The number of aromatic nitrogens is 4. The van der Waals surface area contributed by atoms with Crippen molar-refractivity contribution in [3.63, 3.8) is 0 Å². The number of ether oxygens (including phenoxy) is 1. The molecule has 148 valence electrons. The number of halogens is 4. The van der Waals surface area contributed by atoms with Crippen molar-refractivity contribution in [2.75, 3.05) is 27.2 Å². The number of nitrogens with zero attached hydrogens (tertiary/aromatic N) is 6. The first-order chi connectivity index (χ1) is 12.7. The topological polar surface area (TPSA) is 80.5 Å². The zero-order valence-corrected chi connectivity index (χ0v) is 15.7. The molecule has 2 aromatic heterocycles. The van der Waals surface area contributed by atoms with Gasteiger partial charge in [-0.15, -0.1) is 0 Å². The molecule has 0 amide bonds. The quantitative estimate of drug-likeness (QED) is 0.449. The SMILES string of the molecule is CN=C(NCCOc1ncc(C(F)(F)F)cc1Cl)N(C)Cc1ncnn1C. The van der Waals surface area contributed by atoms with Gasteiger partial charge in [-0.3, -0.25) is 9.67 Å². The third-order valence-corrected chi connectivity index (χ3v) is 3.79. The van der Waals surface area contributed by atoms with Crippen molar-refractivity contribution < 1.29 is 17.9 Å². The third kappa shape index (κ3) is 5.71.